The van der Waals surface area contributed by atoms with E-state index < -0.39 is 26.4 Å². The molecule has 0 aliphatic carbocycles. The number of hydrogen-bond donors (Lipinski definition) is 2. The molecule has 0 fully saturated rings. The van der Waals surface area contributed by atoms with E-state index >= 15 is 0 Å². The number of nitrogens with two attached hydrogens (primary N) is 1. The number of carbonyl (C=O) groups is 1. The largest absolute Gasteiger partial charge is 0.480 e. The molecule has 0 aromatic heterocycles. The van der Waals surface area contributed by atoms with Crippen LogP contribution in [-0.4, -0.2) is 23.7 Å². The lowest BCUT2D eigenvalue weighted by Crippen LogP contribution is -2.34. The van der Waals surface area contributed by atoms with Crippen LogP contribution < -0.4 is 5.73 Å². The second kappa shape index (κ2) is 9.46. The van der Waals surface area contributed by atoms with Gasteiger partial charge in [0.1, 0.15) is 6.04 Å². The minimum atomic E-state index is -3.99. The van der Waals surface area contributed by atoms with Crippen LogP contribution in [0.5, 0.6) is 0 Å². The first-order valence-electron chi connectivity index (χ1n) is 7.58. The fourth-order valence-corrected chi connectivity index (χ4v) is 2.99. The van der Waals surface area contributed by atoms with Crippen LogP contribution in [-0.2, 0) is 36.1 Å². The van der Waals surface area contributed by atoms with Crippen LogP contribution in [0.15, 0.2) is 60.7 Å². The fraction of sp³-hybridized carbons (Fsp3) is 0.235. The summed E-state index contributed by atoms with van der Waals surface area (Å²) in [6.07, 6.45) is 0. The lowest BCUT2D eigenvalue weighted by atomic mass is 10.2. The van der Waals surface area contributed by atoms with E-state index in [4.69, 9.17) is 24.4 Å². The van der Waals surface area contributed by atoms with Gasteiger partial charge in [0.15, 0.2) is 0 Å². The monoisotopic (exact) mass is 365 g/mol. The Labute approximate surface area is 145 Å². The third kappa shape index (κ3) is 6.78. The molecule has 0 saturated carbocycles. The minimum absolute atomic E-state index is 0.00475. The van der Waals surface area contributed by atoms with Gasteiger partial charge in [-0.15, -0.1) is 0 Å². The Bertz CT molecular complexity index is 662. The van der Waals surface area contributed by atoms with E-state index in [1.54, 1.807) is 24.3 Å². The van der Waals surface area contributed by atoms with Gasteiger partial charge in [0.05, 0.1) is 19.8 Å². The third-order valence-corrected chi connectivity index (χ3v) is 4.55. The van der Waals surface area contributed by atoms with Crippen LogP contribution in [0.4, 0.5) is 0 Å². The van der Waals surface area contributed by atoms with Crippen LogP contribution >= 0.6 is 7.82 Å². The van der Waals surface area contributed by atoms with Gasteiger partial charge in [-0.3, -0.25) is 18.4 Å². The van der Waals surface area contributed by atoms with Crippen molar-refractivity contribution in [1.82, 2.24) is 0 Å². The van der Waals surface area contributed by atoms with Crippen LogP contribution in [0.1, 0.15) is 11.1 Å². The zero-order chi connectivity index (χ0) is 18.1. The lowest BCUT2D eigenvalue weighted by Gasteiger charge is -2.19. The van der Waals surface area contributed by atoms with E-state index in [0.29, 0.717) is 0 Å². The molecular formula is C17H20NO6P. The average molecular weight is 365 g/mol. The van der Waals surface area contributed by atoms with Gasteiger partial charge in [-0.05, 0) is 11.1 Å². The Kier molecular flexibility index (Phi) is 7.31. The molecular weight excluding hydrogens is 345 g/mol. The van der Waals surface area contributed by atoms with E-state index in [2.05, 4.69) is 0 Å². The maximum absolute atomic E-state index is 12.8. The maximum atomic E-state index is 12.8. The molecule has 2 aromatic carbocycles. The van der Waals surface area contributed by atoms with E-state index in [1.165, 1.54) is 0 Å². The van der Waals surface area contributed by atoms with Crippen molar-refractivity contribution in [3.05, 3.63) is 71.8 Å². The smallest absolute Gasteiger partial charge is 0.475 e. The first-order chi connectivity index (χ1) is 12.0. The minimum Gasteiger partial charge on any atom is -0.480 e. The number of phosphoric acid groups is 1. The predicted octanol–water partition coefficient (Wildman–Crippen LogP) is 2.96. The molecule has 2 aromatic rings. The number of hydrogen-bond acceptors (Lipinski definition) is 6. The Balaban J connectivity index is 2.01. The quantitative estimate of drug-likeness (QED) is 0.623. The molecule has 0 unspecified atom stereocenters. The van der Waals surface area contributed by atoms with Crippen LogP contribution in [0, 0.1) is 0 Å². The van der Waals surface area contributed by atoms with E-state index in [-0.39, 0.29) is 13.2 Å². The average Bonchev–Trinajstić information content (AvgIpc) is 2.65. The number of benzene rings is 2. The third-order valence-electron chi connectivity index (χ3n) is 3.19. The zero-order valence-electron chi connectivity index (χ0n) is 13.5. The predicted molar refractivity (Wildman–Crippen MR) is 91.6 cm³/mol. The molecule has 0 spiro atoms. The topological polar surface area (TPSA) is 108 Å². The highest BCUT2D eigenvalue weighted by Gasteiger charge is 2.29. The van der Waals surface area contributed by atoms with Gasteiger partial charge in [0.25, 0.3) is 0 Å². The maximum Gasteiger partial charge on any atom is 0.475 e. The van der Waals surface area contributed by atoms with Crippen LogP contribution in [0.25, 0.3) is 0 Å². The molecule has 7 nitrogen and oxygen atoms in total. The molecule has 134 valence electrons. The first-order valence-corrected chi connectivity index (χ1v) is 9.04. The normalized spacial score (nSPS) is 12.7. The molecule has 3 N–H and O–H groups in total. The number of aliphatic carboxylic acids is 1. The number of carboxylic acid groups (broad SMARTS) is 1. The number of carboxylic acids is 1. The molecule has 8 heteroatoms. The van der Waals surface area contributed by atoms with Gasteiger partial charge in [-0.1, -0.05) is 60.7 Å². The number of rotatable bonds is 10. The summed E-state index contributed by atoms with van der Waals surface area (Å²) in [6, 6.07) is 16.8. The summed E-state index contributed by atoms with van der Waals surface area (Å²) < 4.78 is 28.5. The molecule has 25 heavy (non-hydrogen) atoms. The van der Waals surface area contributed by atoms with Gasteiger partial charge < -0.3 is 10.8 Å². The Morgan fingerprint density at radius 1 is 0.920 bits per heavy atom. The van der Waals surface area contributed by atoms with Crippen molar-refractivity contribution in [3.8, 4) is 0 Å². The summed E-state index contributed by atoms with van der Waals surface area (Å²) in [5.41, 5.74) is 6.93. The number of phosphoric ester groups is 1. The molecule has 0 radical (unpaired) electrons. The molecule has 0 bridgehead atoms. The van der Waals surface area contributed by atoms with Crippen LogP contribution in [0.3, 0.4) is 0 Å². The van der Waals surface area contributed by atoms with E-state index in [0.717, 1.165) is 11.1 Å². The second-order valence-corrected chi connectivity index (χ2v) is 6.87. The Morgan fingerprint density at radius 3 is 1.76 bits per heavy atom. The van der Waals surface area contributed by atoms with E-state index in [1.807, 2.05) is 36.4 Å². The SMILES string of the molecule is N[C@@H](COP(=O)(OCc1ccccc1)OCc1ccccc1)C(=O)O. The zero-order valence-corrected chi connectivity index (χ0v) is 14.4. The van der Waals surface area contributed by atoms with Crippen molar-refractivity contribution < 1.29 is 28.0 Å². The highest BCUT2D eigenvalue weighted by atomic mass is 31.2. The highest BCUT2D eigenvalue weighted by Crippen LogP contribution is 2.50. The van der Waals surface area contributed by atoms with Gasteiger partial charge in [0, 0.05) is 0 Å². The molecule has 2 rings (SSSR count). The van der Waals surface area contributed by atoms with Gasteiger partial charge in [-0.2, -0.15) is 0 Å². The Hall–Kier alpha value is -2.02. The van der Waals surface area contributed by atoms with Crippen molar-refractivity contribution in [3.63, 3.8) is 0 Å². The summed E-state index contributed by atoms with van der Waals surface area (Å²) in [7, 11) is -3.99. The molecule has 0 heterocycles. The van der Waals surface area contributed by atoms with Gasteiger partial charge in [0.2, 0.25) is 0 Å². The molecule has 0 saturated heterocycles. The molecule has 0 amide bonds. The summed E-state index contributed by atoms with van der Waals surface area (Å²) >= 11 is 0. The van der Waals surface area contributed by atoms with Crippen molar-refractivity contribution in [1.29, 1.82) is 0 Å². The summed E-state index contributed by atoms with van der Waals surface area (Å²) in [4.78, 5) is 10.8. The highest BCUT2D eigenvalue weighted by molar-refractivity contribution is 7.48. The fourth-order valence-electron chi connectivity index (χ4n) is 1.81. The molecule has 1 atom stereocenters. The van der Waals surface area contributed by atoms with Crippen LogP contribution in [0.2, 0.25) is 0 Å². The molecule has 0 aliphatic rings. The summed E-state index contributed by atoms with van der Waals surface area (Å²) in [5, 5.41) is 8.82. The summed E-state index contributed by atoms with van der Waals surface area (Å²) in [5.74, 6) is -1.27. The lowest BCUT2D eigenvalue weighted by molar-refractivity contribution is -0.139. The first kappa shape index (κ1) is 19.3. The van der Waals surface area contributed by atoms with Gasteiger partial charge >= 0.3 is 13.8 Å². The van der Waals surface area contributed by atoms with Gasteiger partial charge in [-0.25, -0.2) is 4.57 Å². The molecule has 0 aliphatic heterocycles. The second-order valence-electron chi connectivity index (χ2n) is 5.21. The van der Waals surface area contributed by atoms with Crippen molar-refractivity contribution >= 4 is 13.8 Å². The van der Waals surface area contributed by atoms with Crippen molar-refractivity contribution in [2.24, 2.45) is 5.73 Å². The standard InChI is InChI=1S/C17H20NO6P/c18-16(17(19)20)13-24-25(21,22-11-14-7-3-1-4-8-14)23-12-15-9-5-2-6-10-15/h1-10,16H,11-13,18H2,(H,19,20)/t16-/m0/s1. The van der Waals surface area contributed by atoms with Crippen molar-refractivity contribution in [2.45, 2.75) is 19.3 Å². The Morgan fingerprint density at radius 2 is 1.36 bits per heavy atom. The summed E-state index contributed by atoms with van der Waals surface area (Å²) in [6.45, 7) is -0.499. The van der Waals surface area contributed by atoms with Crippen molar-refractivity contribution in [2.75, 3.05) is 6.61 Å². The van der Waals surface area contributed by atoms with E-state index in [9.17, 15) is 9.36 Å².